The highest BCUT2D eigenvalue weighted by Gasteiger charge is 2.31. The smallest absolute Gasteiger partial charge is 0.215 e. The Kier molecular flexibility index (Phi) is 4.46. The first kappa shape index (κ1) is 13.3. The van der Waals surface area contributed by atoms with Gasteiger partial charge in [0.1, 0.15) is 0 Å². The van der Waals surface area contributed by atoms with Crippen LogP contribution in [0.3, 0.4) is 0 Å². The summed E-state index contributed by atoms with van der Waals surface area (Å²) < 4.78 is 26.1. The Balaban J connectivity index is 2.49. The van der Waals surface area contributed by atoms with Crippen LogP contribution in [-0.2, 0) is 10.0 Å². The van der Waals surface area contributed by atoms with Crippen LogP contribution in [0.1, 0.15) is 26.7 Å². The van der Waals surface area contributed by atoms with Crippen LogP contribution in [0.2, 0.25) is 0 Å². The molecule has 0 spiro atoms. The summed E-state index contributed by atoms with van der Waals surface area (Å²) in [6.07, 6.45) is 2.26. The van der Waals surface area contributed by atoms with Gasteiger partial charge in [0.15, 0.2) is 0 Å². The molecule has 1 heterocycles. The maximum Gasteiger partial charge on any atom is 0.215 e. The van der Waals surface area contributed by atoms with E-state index in [1.165, 1.54) is 6.42 Å². The minimum absolute atomic E-state index is 0.0708. The highest BCUT2D eigenvalue weighted by molar-refractivity contribution is 8.01. The molecule has 1 fully saturated rings. The molecular formula is C9H20N2O2S2. The maximum absolute atomic E-state index is 11.7. The average Bonchev–Trinajstić information content (AvgIpc) is 2.62. The van der Waals surface area contributed by atoms with Crippen molar-refractivity contribution < 1.29 is 8.42 Å². The first-order valence-corrected chi connectivity index (χ1v) is 7.75. The second-order valence-electron chi connectivity index (χ2n) is 4.31. The van der Waals surface area contributed by atoms with Gasteiger partial charge in [-0.3, -0.25) is 0 Å². The van der Waals surface area contributed by atoms with Crippen LogP contribution in [0, 0.1) is 0 Å². The van der Waals surface area contributed by atoms with Gasteiger partial charge in [0, 0.05) is 17.8 Å². The molecule has 2 unspecified atom stereocenters. The Labute approximate surface area is 96.4 Å². The van der Waals surface area contributed by atoms with Crippen molar-refractivity contribution in [2.24, 2.45) is 5.73 Å². The van der Waals surface area contributed by atoms with E-state index < -0.39 is 15.3 Å². The second kappa shape index (κ2) is 5.03. The number of thioether (sulfide) groups is 1. The summed E-state index contributed by atoms with van der Waals surface area (Å²) in [6, 6.07) is 0. The molecule has 0 amide bonds. The number of nitrogens with two attached hydrogens (primary N) is 1. The quantitative estimate of drug-likeness (QED) is 0.749. The molecule has 1 aliphatic heterocycles. The molecule has 0 saturated carbocycles. The van der Waals surface area contributed by atoms with Crippen LogP contribution in [0.5, 0.6) is 0 Å². The molecule has 0 aromatic rings. The molecule has 1 rings (SSSR count). The zero-order valence-electron chi connectivity index (χ0n) is 9.32. The van der Waals surface area contributed by atoms with Crippen LogP contribution < -0.4 is 10.5 Å². The minimum Gasteiger partial charge on any atom is -0.329 e. The highest BCUT2D eigenvalue weighted by atomic mass is 32.2. The summed E-state index contributed by atoms with van der Waals surface area (Å²) in [5, 5.41) is -0.507. The van der Waals surface area contributed by atoms with Crippen molar-refractivity contribution >= 4 is 21.8 Å². The molecule has 0 aromatic carbocycles. The van der Waals surface area contributed by atoms with E-state index in [0.29, 0.717) is 6.54 Å². The summed E-state index contributed by atoms with van der Waals surface area (Å²) >= 11 is 1.85. The van der Waals surface area contributed by atoms with Gasteiger partial charge in [-0.1, -0.05) is 0 Å². The molecule has 1 saturated heterocycles. The van der Waals surface area contributed by atoms with Gasteiger partial charge < -0.3 is 5.73 Å². The van der Waals surface area contributed by atoms with E-state index in [4.69, 9.17) is 5.73 Å². The van der Waals surface area contributed by atoms with Crippen LogP contribution >= 0.6 is 11.8 Å². The van der Waals surface area contributed by atoms with Gasteiger partial charge in [-0.05, 0) is 32.4 Å². The van der Waals surface area contributed by atoms with E-state index in [0.717, 1.165) is 12.2 Å². The first-order chi connectivity index (χ1) is 6.90. The van der Waals surface area contributed by atoms with Crippen molar-refractivity contribution in [3.8, 4) is 0 Å². The second-order valence-corrected chi connectivity index (χ2v) is 8.18. The summed E-state index contributed by atoms with van der Waals surface area (Å²) in [4.78, 5) is 0. The largest absolute Gasteiger partial charge is 0.329 e. The van der Waals surface area contributed by atoms with Crippen molar-refractivity contribution in [2.45, 2.75) is 36.7 Å². The van der Waals surface area contributed by atoms with Gasteiger partial charge >= 0.3 is 0 Å². The fraction of sp³-hybridized carbons (Fsp3) is 1.00. The molecule has 0 radical (unpaired) electrons. The van der Waals surface area contributed by atoms with Gasteiger partial charge in [-0.15, -0.1) is 0 Å². The molecular weight excluding hydrogens is 232 g/mol. The van der Waals surface area contributed by atoms with Crippen molar-refractivity contribution in [1.82, 2.24) is 4.72 Å². The van der Waals surface area contributed by atoms with Crippen LogP contribution in [-0.4, -0.2) is 37.3 Å². The van der Waals surface area contributed by atoms with E-state index in [9.17, 15) is 8.42 Å². The van der Waals surface area contributed by atoms with E-state index in [1.807, 2.05) is 11.8 Å². The van der Waals surface area contributed by atoms with E-state index in [-0.39, 0.29) is 11.3 Å². The number of rotatable bonds is 5. The molecule has 15 heavy (non-hydrogen) atoms. The molecule has 2 atom stereocenters. The number of sulfonamides is 1. The van der Waals surface area contributed by atoms with Crippen LogP contribution in [0.25, 0.3) is 0 Å². The predicted octanol–water partition coefficient (Wildman–Crippen LogP) is 0.539. The van der Waals surface area contributed by atoms with Gasteiger partial charge in [-0.25, -0.2) is 13.1 Å². The maximum atomic E-state index is 11.7. The zero-order valence-corrected chi connectivity index (χ0v) is 11.0. The van der Waals surface area contributed by atoms with Crippen molar-refractivity contribution in [1.29, 1.82) is 0 Å². The zero-order chi connectivity index (χ0) is 11.5. The Morgan fingerprint density at radius 2 is 2.27 bits per heavy atom. The number of hydrogen-bond acceptors (Lipinski definition) is 4. The predicted molar refractivity (Wildman–Crippen MR) is 65.5 cm³/mol. The summed E-state index contributed by atoms with van der Waals surface area (Å²) in [6.45, 7) is 4.43. The molecule has 0 aliphatic carbocycles. The Morgan fingerprint density at radius 1 is 1.60 bits per heavy atom. The fourth-order valence-electron chi connectivity index (χ4n) is 1.50. The van der Waals surface area contributed by atoms with Gasteiger partial charge in [0.2, 0.25) is 10.0 Å². The Bertz CT molecular complexity index is 297. The molecule has 4 nitrogen and oxygen atoms in total. The molecule has 1 aliphatic rings. The van der Waals surface area contributed by atoms with Crippen molar-refractivity contribution in [3.05, 3.63) is 0 Å². The topological polar surface area (TPSA) is 72.2 Å². The van der Waals surface area contributed by atoms with Gasteiger partial charge in [0.05, 0.1) is 5.25 Å². The van der Waals surface area contributed by atoms with E-state index >= 15 is 0 Å². The third-order valence-electron chi connectivity index (χ3n) is 2.81. The Hall–Kier alpha value is 0.220. The third kappa shape index (κ3) is 3.62. The van der Waals surface area contributed by atoms with E-state index in [2.05, 4.69) is 11.6 Å². The molecule has 6 heteroatoms. The summed E-state index contributed by atoms with van der Waals surface area (Å²) in [7, 11) is -3.22. The summed E-state index contributed by atoms with van der Waals surface area (Å²) in [5.74, 6) is 1.13. The minimum atomic E-state index is -3.22. The van der Waals surface area contributed by atoms with E-state index in [1.54, 1.807) is 6.92 Å². The van der Waals surface area contributed by atoms with Gasteiger partial charge in [0.25, 0.3) is 0 Å². The molecule has 3 N–H and O–H groups in total. The third-order valence-corrected chi connectivity index (χ3v) is 6.15. The Morgan fingerprint density at radius 3 is 2.73 bits per heavy atom. The lowest BCUT2D eigenvalue weighted by atomic mass is 10.1. The average molecular weight is 252 g/mol. The van der Waals surface area contributed by atoms with Crippen LogP contribution in [0.4, 0.5) is 0 Å². The number of nitrogens with one attached hydrogen (secondary N) is 1. The molecule has 0 aromatic heterocycles. The van der Waals surface area contributed by atoms with Crippen LogP contribution in [0.15, 0.2) is 0 Å². The van der Waals surface area contributed by atoms with Crippen molar-refractivity contribution in [3.63, 3.8) is 0 Å². The fourth-order valence-corrected chi connectivity index (χ4v) is 3.89. The van der Waals surface area contributed by atoms with Gasteiger partial charge in [-0.2, -0.15) is 11.8 Å². The lowest BCUT2D eigenvalue weighted by Gasteiger charge is -2.23. The highest BCUT2D eigenvalue weighted by Crippen LogP contribution is 2.37. The number of hydrogen-bond donors (Lipinski definition) is 2. The monoisotopic (exact) mass is 252 g/mol. The normalized spacial score (nSPS) is 29.3. The lowest BCUT2D eigenvalue weighted by molar-refractivity contribution is 0.544. The standard InChI is InChI=1S/C9H20N2O2S2/c1-8(6-10)15(12,13)11-7-9(2)4-3-5-14-9/h8,11H,3-7,10H2,1-2H3. The van der Waals surface area contributed by atoms with Crippen molar-refractivity contribution in [2.75, 3.05) is 18.8 Å². The lowest BCUT2D eigenvalue weighted by Crippen LogP contribution is -2.42. The first-order valence-electron chi connectivity index (χ1n) is 5.22. The molecule has 90 valence electrons. The molecule has 0 bridgehead atoms. The summed E-state index contributed by atoms with van der Waals surface area (Å²) in [5.41, 5.74) is 5.35. The SMILES string of the molecule is CC(CN)S(=O)(=O)NCC1(C)CCCS1.